The summed E-state index contributed by atoms with van der Waals surface area (Å²) in [7, 11) is 2.01. The van der Waals surface area contributed by atoms with Gasteiger partial charge in [0, 0.05) is 19.1 Å². The summed E-state index contributed by atoms with van der Waals surface area (Å²) in [5.74, 6) is 0.696. The SMILES string of the molecule is C=C(C)CN(CC(C)CNC)C(C)C. The predicted molar refractivity (Wildman–Crippen MR) is 64.6 cm³/mol. The van der Waals surface area contributed by atoms with Crippen LogP contribution in [0.25, 0.3) is 0 Å². The van der Waals surface area contributed by atoms with Crippen LogP contribution in [0.5, 0.6) is 0 Å². The highest BCUT2D eigenvalue weighted by molar-refractivity contribution is 4.92. The van der Waals surface area contributed by atoms with Crippen LogP contribution in [0.2, 0.25) is 0 Å². The zero-order chi connectivity index (χ0) is 11.1. The van der Waals surface area contributed by atoms with Crippen LogP contribution in [0.15, 0.2) is 12.2 Å². The Morgan fingerprint density at radius 2 is 1.93 bits per heavy atom. The molecule has 0 fully saturated rings. The van der Waals surface area contributed by atoms with Gasteiger partial charge in [-0.2, -0.15) is 0 Å². The molecule has 14 heavy (non-hydrogen) atoms. The van der Waals surface area contributed by atoms with Crippen molar-refractivity contribution in [2.75, 3.05) is 26.7 Å². The Balaban J connectivity index is 4.02. The lowest BCUT2D eigenvalue weighted by molar-refractivity contribution is 0.208. The molecule has 0 spiro atoms. The van der Waals surface area contributed by atoms with Crippen molar-refractivity contribution in [2.45, 2.75) is 33.7 Å². The van der Waals surface area contributed by atoms with Gasteiger partial charge in [-0.05, 0) is 40.3 Å². The average molecular weight is 198 g/mol. The van der Waals surface area contributed by atoms with Crippen LogP contribution < -0.4 is 5.32 Å². The molecule has 1 unspecified atom stereocenters. The molecule has 0 saturated heterocycles. The number of hydrogen-bond acceptors (Lipinski definition) is 2. The van der Waals surface area contributed by atoms with Crippen molar-refractivity contribution >= 4 is 0 Å². The second-order valence-corrected chi connectivity index (χ2v) is 4.64. The fraction of sp³-hybridized carbons (Fsp3) is 0.833. The molecule has 0 aromatic rings. The molecule has 0 heterocycles. The number of rotatable bonds is 7. The number of hydrogen-bond donors (Lipinski definition) is 1. The van der Waals surface area contributed by atoms with Crippen LogP contribution in [0.1, 0.15) is 27.7 Å². The van der Waals surface area contributed by atoms with E-state index in [0.29, 0.717) is 12.0 Å². The first-order valence-electron chi connectivity index (χ1n) is 5.50. The van der Waals surface area contributed by atoms with E-state index >= 15 is 0 Å². The van der Waals surface area contributed by atoms with Gasteiger partial charge in [0.2, 0.25) is 0 Å². The zero-order valence-corrected chi connectivity index (χ0v) is 10.4. The van der Waals surface area contributed by atoms with Crippen LogP contribution in [-0.4, -0.2) is 37.6 Å². The lowest BCUT2D eigenvalue weighted by Gasteiger charge is -2.29. The van der Waals surface area contributed by atoms with E-state index in [0.717, 1.165) is 19.6 Å². The molecule has 0 bridgehead atoms. The van der Waals surface area contributed by atoms with Gasteiger partial charge in [-0.15, -0.1) is 0 Å². The zero-order valence-electron chi connectivity index (χ0n) is 10.4. The Labute approximate surface area is 89.4 Å². The minimum Gasteiger partial charge on any atom is -0.319 e. The van der Waals surface area contributed by atoms with Gasteiger partial charge in [-0.25, -0.2) is 0 Å². The van der Waals surface area contributed by atoms with Crippen molar-refractivity contribution in [2.24, 2.45) is 5.92 Å². The minimum atomic E-state index is 0.603. The molecule has 0 radical (unpaired) electrons. The monoisotopic (exact) mass is 198 g/mol. The fourth-order valence-electron chi connectivity index (χ4n) is 1.62. The highest BCUT2D eigenvalue weighted by Crippen LogP contribution is 2.06. The normalized spacial score (nSPS) is 13.6. The highest BCUT2D eigenvalue weighted by atomic mass is 15.1. The van der Waals surface area contributed by atoms with E-state index < -0.39 is 0 Å². The van der Waals surface area contributed by atoms with Crippen molar-refractivity contribution < 1.29 is 0 Å². The second kappa shape index (κ2) is 7.02. The molecule has 0 aliphatic heterocycles. The summed E-state index contributed by atoms with van der Waals surface area (Å²) in [6.45, 7) is 16.1. The molecule has 2 heteroatoms. The molecule has 2 nitrogen and oxygen atoms in total. The Bertz CT molecular complexity index is 164. The third kappa shape index (κ3) is 6.17. The number of nitrogens with zero attached hydrogens (tertiary/aromatic N) is 1. The van der Waals surface area contributed by atoms with Gasteiger partial charge in [0.25, 0.3) is 0 Å². The van der Waals surface area contributed by atoms with Gasteiger partial charge in [0.15, 0.2) is 0 Å². The summed E-state index contributed by atoms with van der Waals surface area (Å²) in [4.78, 5) is 2.48. The van der Waals surface area contributed by atoms with E-state index in [1.807, 2.05) is 7.05 Å². The topological polar surface area (TPSA) is 15.3 Å². The Kier molecular flexibility index (Phi) is 6.85. The molecule has 0 amide bonds. The van der Waals surface area contributed by atoms with E-state index in [4.69, 9.17) is 0 Å². The maximum absolute atomic E-state index is 3.97. The van der Waals surface area contributed by atoms with Crippen molar-refractivity contribution in [3.05, 3.63) is 12.2 Å². The van der Waals surface area contributed by atoms with Gasteiger partial charge >= 0.3 is 0 Å². The van der Waals surface area contributed by atoms with Crippen LogP contribution in [-0.2, 0) is 0 Å². The maximum Gasteiger partial charge on any atom is 0.0190 e. The predicted octanol–water partition coefficient (Wildman–Crippen LogP) is 2.13. The molecule has 0 saturated carbocycles. The molecule has 0 aromatic heterocycles. The quantitative estimate of drug-likeness (QED) is 0.630. The Morgan fingerprint density at radius 1 is 1.36 bits per heavy atom. The van der Waals surface area contributed by atoms with Gasteiger partial charge in [-0.3, -0.25) is 4.90 Å². The first-order valence-corrected chi connectivity index (χ1v) is 5.50. The largest absolute Gasteiger partial charge is 0.319 e. The number of nitrogens with one attached hydrogen (secondary N) is 1. The highest BCUT2D eigenvalue weighted by Gasteiger charge is 2.12. The van der Waals surface area contributed by atoms with Crippen molar-refractivity contribution in [1.29, 1.82) is 0 Å². The smallest absolute Gasteiger partial charge is 0.0190 e. The van der Waals surface area contributed by atoms with Crippen LogP contribution in [0, 0.1) is 5.92 Å². The van der Waals surface area contributed by atoms with Crippen molar-refractivity contribution in [3.8, 4) is 0 Å². The molecule has 0 aromatic carbocycles. The average Bonchev–Trinajstić information content (AvgIpc) is 2.02. The first-order chi connectivity index (χ1) is 6.47. The molecule has 1 N–H and O–H groups in total. The third-order valence-corrected chi connectivity index (χ3v) is 2.30. The minimum absolute atomic E-state index is 0.603. The van der Waals surface area contributed by atoms with E-state index in [1.165, 1.54) is 5.57 Å². The summed E-state index contributed by atoms with van der Waals surface area (Å²) in [6.07, 6.45) is 0. The van der Waals surface area contributed by atoms with Crippen molar-refractivity contribution in [3.63, 3.8) is 0 Å². The third-order valence-electron chi connectivity index (χ3n) is 2.30. The van der Waals surface area contributed by atoms with Gasteiger partial charge in [0.1, 0.15) is 0 Å². The van der Waals surface area contributed by atoms with E-state index in [9.17, 15) is 0 Å². The maximum atomic E-state index is 3.97. The molecule has 1 atom stereocenters. The summed E-state index contributed by atoms with van der Waals surface area (Å²) >= 11 is 0. The van der Waals surface area contributed by atoms with Gasteiger partial charge < -0.3 is 5.32 Å². The van der Waals surface area contributed by atoms with E-state index in [2.05, 4.69) is 44.5 Å². The van der Waals surface area contributed by atoms with E-state index in [-0.39, 0.29) is 0 Å². The molecule has 0 rings (SSSR count). The molecule has 0 aliphatic rings. The molecular formula is C12H26N2. The summed E-state index contributed by atoms with van der Waals surface area (Å²) < 4.78 is 0. The fourth-order valence-corrected chi connectivity index (χ4v) is 1.62. The summed E-state index contributed by atoms with van der Waals surface area (Å²) in [6, 6.07) is 0.603. The van der Waals surface area contributed by atoms with Crippen LogP contribution in [0.4, 0.5) is 0 Å². The van der Waals surface area contributed by atoms with Crippen LogP contribution in [0.3, 0.4) is 0 Å². The van der Waals surface area contributed by atoms with Crippen LogP contribution >= 0.6 is 0 Å². The molecule has 84 valence electrons. The van der Waals surface area contributed by atoms with Gasteiger partial charge in [-0.1, -0.05) is 19.1 Å². The van der Waals surface area contributed by atoms with Gasteiger partial charge in [0.05, 0.1) is 0 Å². The Morgan fingerprint density at radius 3 is 2.29 bits per heavy atom. The Hall–Kier alpha value is -0.340. The summed E-state index contributed by atoms with van der Waals surface area (Å²) in [5, 5.41) is 3.22. The molecular weight excluding hydrogens is 172 g/mol. The van der Waals surface area contributed by atoms with E-state index in [1.54, 1.807) is 0 Å². The first kappa shape index (κ1) is 13.7. The summed E-state index contributed by atoms with van der Waals surface area (Å²) in [5.41, 5.74) is 1.25. The van der Waals surface area contributed by atoms with Crippen molar-refractivity contribution in [1.82, 2.24) is 10.2 Å². The second-order valence-electron chi connectivity index (χ2n) is 4.64. The standard InChI is InChI=1S/C12H26N2/c1-10(2)8-14(11(3)4)9-12(5)7-13-6/h11-13H,1,7-9H2,2-6H3. The lowest BCUT2D eigenvalue weighted by Crippen LogP contribution is -2.38. The molecule has 0 aliphatic carbocycles. The lowest BCUT2D eigenvalue weighted by atomic mass is 10.1.